The van der Waals surface area contributed by atoms with Crippen molar-refractivity contribution >= 4 is 11.3 Å². The van der Waals surface area contributed by atoms with Crippen molar-refractivity contribution in [1.82, 2.24) is 4.98 Å². The smallest absolute Gasteiger partial charge is 0.123 e. The predicted molar refractivity (Wildman–Crippen MR) is 58.8 cm³/mol. The van der Waals surface area contributed by atoms with Crippen LogP contribution < -0.4 is 4.74 Å². The van der Waals surface area contributed by atoms with Crippen molar-refractivity contribution < 1.29 is 4.74 Å². The van der Waals surface area contributed by atoms with Gasteiger partial charge < -0.3 is 4.74 Å². The summed E-state index contributed by atoms with van der Waals surface area (Å²) < 4.78 is 5.15. The highest BCUT2D eigenvalue weighted by Gasteiger charge is 2.04. The normalized spacial score (nSPS) is 10.1. The lowest BCUT2D eigenvalue weighted by molar-refractivity contribution is 0.414. The van der Waals surface area contributed by atoms with Crippen LogP contribution in [-0.2, 0) is 0 Å². The maximum absolute atomic E-state index is 5.15. The highest BCUT2D eigenvalue weighted by Crippen LogP contribution is 2.27. The van der Waals surface area contributed by atoms with Gasteiger partial charge in [0.25, 0.3) is 0 Å². The molecule has 0 spiro atoms. The minimum atomic E-state index is 0.891. The van der Waals surface area contributed by atoms with Gasteiger partial charge >= 0.3 is 0 Å². The molecule has 0 aliphatic rings. The van der Waals surface area contributed by atoms with Gasteiger partial charge in [-0.05, 0) is 30.7 Å². The van der Waals surface area contributed by atoms with Gasteiger partial charge in [0.05, 0.1) is 7.11 Å². The van der Waals surface area contributed by atoms with E-state index in [2.05, 4.69) is 11.9 Å². The molecule has 0 aliphatic carbocycles. The number of nitrogens with zero attached hydrogens (tertiary/aromatic N) is 1. The van der Waals surface area contributed by atoms with Crippen LogP contribution in [0.25, 0.3) is 10.6 Å². The number of rotatable bonds is 2. The number of ether oxygens (including phenoxy) is 1. The Kier molecular flexibility index (Phi) is 2.50. The third-order valence-electron chi connectivity index (χ3n) is 2.10. The SMILES string of the molecule is COc1ccc(-c2nccs2)c(C)c1. The summed E-state index contributed by atoms with van der Waals surface area (Å²) in [4.78, 5) is 4.28. The van der Waals surface area contributed by atoms with Gasteiger partial charge in [0, 0.05) is 17.1 Å². The highest BCUT2D eigenvalue weighted by molar-refractivity contribution is 7.13. The zero-order chi connectivity index (χ0) is 9.97. The molecule has 0 saturated carbocycles. The monoisotopic (exact) mass is 205 g/mol. The molecule has 3 heteroatoms. The number of hydrogen-bond acceptors (Lipinski definition) is 3. The molecule has 0 bridgehead atoms. The number of aromatic nitrogens is 1. The van der Waals surface area contributed by atoms with E-state index in [9.17, 15) is 0 Å². The number of thiazole rings is 1. The molecular formula is C11H11NOS. The van der Waals surface area contributed by atoms with Gasteiger partial charge in [-0.2, -0.15) is 0 Å². The summed E-state index contributed by atoms with van der Waals surface area (Å²) >= 11 is 1.65. The molecule has 1 aromatic heterocycles. The Bertz CT molecular complexity index is 423. The Labute approximate surface area is 87.2 Å². The van der Waals surface area contributed by atoms with Crippen molar-refractivity contribution in [3.05, 3.63) is 35.3 Å². The topological polar surface area (TPSA) is 22.1 Å². The number of methoxy groups -OCH3 is 1. The van der Waals surface area contributed by atoms with E-state index in [0.29, 0.717) is 0 Å². The molecule has 0 radical (unpaired) electrons. The van der Waals surface area contributed by atoms with Gasteiger partial charge in [-0.3, -0.25) is 0 Å². The summed E-state index contributed by atoms with van der Waals surface area (Å²) in [5.74, 6) is 0.891. The number of hydrogen-bond donors (Lipinski definition) is 0. The van der Waals surface area contributed by atoms with Gasteiger partial charge in [0.2, 0.25) is 0 Å². The largest absolute Gasteiger partial charge is 0.497 e. The third kappa shape index (κ3) is 1.63. The minimum absolute atomic E-state index is 0.891. The lowest BCUT2D eigenvalue weighted by Crippen LogP contribution is -1.86. The van der Waals surface area contributed by atoms with Crippen LogP contribution in [0.1, 0.15) is 5.56 Å². The van der Waals surface area contributed by atoms with Crippen molar-refractivity contribution in [2.45, 2.75) is 6.92 Å². The second-order valence-corrected chi connectivity index (χ2v) is 3.91. The van der Waals surface area contributed by atoms with E-state index in [-0.39, 0.29) is 0 Å². The van der Waals surface area contributed by atoms with E-state index in [0.717, 1.165) is 10.8 Å². The van der Waals surface area contributed by atoms with Crippen molar-refractivity contribution in [3.8, 4) is 16.3 Å². The van der Waals surface area contributed by atoms with Crippen LogP contribution in [0, 0.1) is 6.92 Å². The lowest BCUT2D eigenvalue weighted by atomic mass is 10.1. The molecular weight excluding hydrogens is 194 g/mol. The van der Waals surface area contributed by atoms with Crippen molar-refractivity contribution in [1.29, 1.82) is 0 Å². The van der Waals surface area contributed by atoms with Gasteiger partial charge in [-0.15, -0.1) is 11.3 Å². The fourth-order valence-electron chi connectivity index (χ4n) is 1.36. The summed E-state index contributed by atoms with van der Waals surface area (Å²) in [7, 11) is 1.68. The zero-order valence-electron chi connectivity index (χ0n) is 8.15. The van der Waals surface area contributed by atoms with Crippen LogP contribution in [0.15, 0.2) is 29.8 Å². The first kappa shape index (κ1) is 9.21. The summed E-state index contributed by atoms with van der Waals surface area (Å²) in [6.07, 6.45) is 1.82. The summed E-state index contributed by atoms with van der Waals surface area (Å²) in [6, 6.07) is 6.04. The molecule has 0 atom stereocenters. The molecule has 2 nitrogen and oxygen atoms in total. The molecule has 0 amide bonds. The van der Waals surface area contributed by atoms with Crippen LogP contribution in [-0.4, -0.2) is 12.1 Å². The molecule has 0 N–H and O–H groups in total. The number of benzene rings is 1. The fourth-order valence-corrected chi connectivity index (χ4v) is 2.09. The predicted octanol–water partition coefficient (Wildman–Crippen LogP) is 3.13. The van der Waals surface area contributed by atoms with Crippen molar-refractivity contribution in [2.75, 3.05) is 7.11 Å². The Balaban J connectivity index is 2.46. The summed E-state index contributed by atoms with van der Waals surface area (Å²) in [5.41, 5.74) is 2.38. The molecule has 1 aromatic carbocycles. The van der Waals surface area contributed by atoms with Crippen LogP contribution in [0.5, 0.6) is 5.75 Å². The average molecular weight is 205 g/mol. The first-order valence-electron chi connectivity index (χ1n) is 4.36. The van der Waals surface area contributed by atoms with Crippen LogP contribution in [0.2, 0.25) is 0 Å². The summed E-state index contributed by atoms with van der Waals surface area (Å²) in [5, 5.41) is 3.05. The standard InChI is InChI=1S/C11H11NOS/c1-8-7-9(13-2)3-4-10(8)11-12-5-6-14-11/h3-7H,1-2H3. The van der Waals surface area contributed by atoms with E-state index < -0.39 is 0 Å². The van der Waals surface area contributed by atoms with Crippen molar-refractivity contribution in [2.24, 2.45) is 0 Å². The third-order valence-corrected chi connectivity index (χ3v) is 2.90. The van der Waals surface area contributed by atoms with E-state index in [1.54, 1.807) is 18.4 Å². The molecule has 0 unspecified atom stereocenters. The van der Waals surface area contributed by atoms with Gasteiger partial charge in [-0.25, -0.2) is 4.98 Å². The van der Waals surface area contributed by atoms with E-state index >= 15 is 0 Å². The maximum Gasteiger partial charge on any atom is 0.123 e. The van der Waals surface area contributed by atoms with E-state index in [4.69, 9.17) is 4.74 Å². The molecule has 72 valence electrons. The Morgan fingerprint density at radius 1 is 1.36 bits per heavy atom. The quantitative estimate of drug-likeness (QED) is 0.751. The fraction of sp³-hybridized carbons (Fsp3) is 0.182. The lowest BCUT2D eigenvalue weighted by Gasteiger charge is -2.04. The molecule has 2 rings (SSSR count). The van der Waals surface area contributed by atoms with Gasteiger partial charge in [0.1, 0.15) is 10.8 Å². The van der Waals surface area contributed by atoms with Crippen LogP contribution >= 0.6 is 11.3 Å². The highest BCUT2D eigenvalue weighted by atomic mass is 32.1. The molecule has 0 saturated heterocycles. The first-order valence-corrected chi connectivity index (χ1v) is 5.24. The maximum atomic E-state index is 5.15. The van der Waals surface area contributed by atoms with E-state index in [1.807, 2.05) is 29.8 Å². The van der Waals surface area contributed by atoms with Crippen LogP contribution in [0.4, 0.5) is 0 Å². The zero-order valence-corrected chi connectivity index (χ0v) is 8.97. The second-order valence-electron chi connectivity index (χ2n) is 3.02. The average Bonchev–Trinajstić information content (AvgIpc) is 2.70. The van der Waals surface area contributed by atoms with E-state index in [1.165, 1.54) is 11.1 Å². The molecule has 14 heavy (non-hydrogen) atoms. The summed E-state index contributed by atoms with van der Waals surface area (Å²) in [6.45, 7) is 2.07. The van der Waals surface area contributed by atoms with Crippen molar-refractivity contribution in [3.63, 3.8) is 0 Å². The molecule has 1 heterocycles. The minimum Gasteiger partial charge on any atom is -0.497 e. The molecule has 2 aromatic rings. The Morgan fingerprint density at radius 2 is 2.21 bits per heavy atom. The van der Waals surface area contributed by atoms with Crippen LogP contribution in [0.3, 0.4) is 0 Å². The van der Waals surface area contributed by atoms with Gasteiger partial charge in [-0.1, -0.05) is 0 Å². The molecule has 0 aliphatic heterocycles. The van der Waals surface area contributed by atoms with Gasteiger partial charge in [0.15, 0.2) is 0 Å². The first-order chi connectivity index (χ1) is 6.81. The number of aryl methyl sites for hydroxylation is 1. The molecule has 0 fully saturated rings. The Morgan fingerprint density at radius 3 is 2.79 bits per heavy atom. The Hall–Kier alpha value is -1.35. The second kappa shape index (κ2) is 3.80.